The third-order valence-electron chi connectivity index (χ3n) is 4.23. The van der Waals surface area contributed by atoms with Gasteiger partial charge in [-0.3, -0.25) is 4.99 Å². The predicted molar refractivity (Wildman–Crippen MR) is 119 cm³/mol. The summed E-state index contributed by atoms with van der Waals surface area (Å²) in [5.41, 5.74) is 1.08. The zero-order valence-electron chi connectivity index (χ0n) is 16.2. The molecule has 1 fully saturated rings. The lowest BCUT2D eigenvalue weighted by atomic mass is 10.3. The average Bonchev–Trinajstić information content (AvgIpc) is 3.39. The maximum absolute atomic E-state index is 5.66. The van der Waals surface area contributed by atoms with E-state index < -0.39 is 0 Å². The standard InChI is InChI=1S/C20H28N4O3.HI/c1-21-20(22-9-3-10-25-15-18-4-2-11-26-18)24-13-17-7-8-19(23-12-17)27-14-16-5-6-16;/h2,4,7-8,11-12,16H,3,5-6,9-10,13-15H2,1H3,(H2,21,22,24);1H. The van der Waals surface area contributed by atoms with Crippen molar-refractivity contribution < 1.29 is 13.9 Å². The molecule has 0 aliphatic heterocycles. The Morgan fingerprint density at radius 1 is 1.29 bits per heavy atom. The van der Waals surface area contributed by atoms with Crippen LogP contribution >= 0.6 is 24.0 Å². The minimum absolute atomic E-state index is 0. The van der Waals surface area contributed by atoms with E-state index in [1.54, 1.807) is 13.3 Å². The molecule has 154 valence electrons. The second-order valence-corrected chi connectivity index (χ2v) is 6.60. The summed E-state index contributed by atoms with van der Waals surface area (Å²) in [6.45, 7) is 3.39. The first kappa shape index (κ1) is 22.5. The molecule has 1 saturated carbocycles. The molecule has 0 aromatic carbocycles. The van der Waals surface area contributed by atoms with Crippen LogP contribution in [-0.4, -0.2) is 37.7 Å². The minimum atomic E-state index is 0. The highest BCUT2D eigenvalue weighted by molar-refractivity contribution is 14.0. The van der Waals surface area contributed by atoms with Gasteiger partial charge in [-0.2, -0.15) is 0 Å². The van der Waals surface area contributed by atoms with E-state index in [1.807, 2.05) is 30.5 Å². The molecule has 2 N–H and O–H groups in total. The van der Waals surface area contributed by atoms with E-state index in [2.05, 4.69) is 20.6 Å². The number of nitrogens with one attached hydrogen (secondary N) is 2. The van der Waals surface area contributed by atoms with Crippen LogP contribution in [0.1, 0.15) is 30.6 Å². The molecule has 1 aliphatic rings. The first-order valence-electron chi connectivity index (χ1n) is 9.46. The fourth-order valence-corrected chi connectivity index (χ4v) is 2.44. The Kier molecular flexibility index (Phi) is 10.1. The maximum atomic E-state index is 5.66. The molecule has 7 nitrogen and oxygen atoms in total. The molecule has 0 spiro atoms. The highest BCUT2D eigenvalue weighted by atomic mass is 127. The first-order chi connectivity index (χ1) is 13.3. The van der Waals surface area contributed by atoms with E-state index >= 15 is 0 Å². The SMILES string of the molecule is CN=C(NCCCOCc1ccco1)NCc1ccc(OCC2CC2)nc1.I. The lowest BCUT2D eigenvalue weighted by molar-refractivity contribution is 0.105. The molecule has 2 aromatic rings. The van der Waals surface area contributed by atoms with E-state index in [4.69, 9.17) is 13.9 Å². The Bertz CT molecular complexity index is 688. The minimum Gasteiger partial charge on any atom is -0.477 e. The van der Waals surface area contributed by atoms with Crippen LogP contribution in [0.2, 0.25) is 0 Å². The number of aromatic nitrogens is 1. The van der Waals surface area contributed by atoms with Gasteiger partial charge in [-0.05, 0) is 42.9 Å². The van der Waals surface area contributed by atoms with Gasteiger partial charge in [-0.25, -0.2) is 4.98 Å². The number of pyridine rings is 1. The Balaban J connectivity index is 0.00000280. The summed E-state index contributed by atoms with van der Waals surface area (Å²) in [6.07, 6.45) is 6.94. The molecule has 3 rings (SSSR count). The van der Waals surface area contributed by atoms with Gasteiger partial charge in [0.05, 0.1) is 12.9 Å². The van der Waals surface area contributed by atoms with Crippen LogP contribution in [0, 0.1) is 5.92 Å². The normalized spacial score (nSPS) is 13.7. The summed E-state index contributed by atoms with van der Waals surface area (Å²) in [5.74, 6) is 3.04. The van der Waals surface area contributed by atoms with Crippen molar-refractivity contribution in [2.45, 2.75) is 32.4 Å². The Hall–Kier alpha value is -1.81. The van der Waals surface area contributed by atoms with Gasteiger partial charge in [0.2, 0.25) is 5.88 Å². The number of rotatable bonds is 11. The molecule has 2 aromatic heterocycles. The average molecular weight is 500 g/mol. The molecule has 8 heteroatoms. The van der Waals surface area contributed by atoms with Crippen LogP contribution in [0.3, 0.4) is 0 Å². The summed E-state index contributed by atoms with van der Waals surface area (Å²) < 4.78 is 16.4. The maximum Gasteiger partial charge on any atom is 0.213 e. The fraction of sp³-hybridized carbons (Fsp3) is 0.500. The molecule has 1 aliphatic carbocycles. The van der Waals surface area contributed by atoms with Crippen molar-refractivity contribution in [1.29, 1.82) is 0 Å². The molecule has 0 atom stereocenters. The van der Waals surface area contributed by atoms with E-state index in [0.29, 0.717) is 25.6 Å². The zero-order chi connectivity index (χ0) is 18.7. The fourth-order valence-electron chi connectivity index (χ4n) is 2.44. The first-order valence-corrected chi connectivity index (χ1v) is 9.46. The van der Waals surface area contributed by atoms with Gasteiger partial charge in [0.15, 0.2) is 5.96 Å². The second kappa shape index (κ2) is 12.6. The molecule has 0 bridgehead atoms. The van der Waals surface area contributed by atoms with Gasteiger partial charge in [0.1, 0.15) is 12.4 Å². The van der Waals surface area contributed by atoms with Gasteiger partial charge in [-0.1, -0.05) is 6.07 Å². The lowest BCUT2D eigenvalue weighted by Crippen LogP contribution is -2.37. The number of hydrogen-bond donors (Lipinski definition) is 2. The van der Waals surface area contributed by atoms with Crippen LogP contribution in [0.15, 0.2) is 46.1 Å². The van der Waals surface area contributed by atoms with Crippen molar-refractivity contribution in [2.24, 2.45) is 10.9 Å². The van der Waals surface area contributed by atoms with E-state index in [1.165, 1.54) is 12.8 Å². The highest BCUT2D eigenvalue weighted by Crippen LogP contribution is 2.29. The van der Waals surface area contributed by atoms with E-state index in [0.717, 1.165) is 42.8 Å². The van der Waals surface area contributed by atoms with Crippen LogP contribution in [0.4, 0.5) is 0 Å². The number of nitrogens with zero attached hydrogens (tertiary/aromatic N) is 2. The Labute approximate surface area is 183 Å². The van der Waals surface area contributed by atoms with Crippen molar-refractivity contribution in [2.75, 3.05) is 26.8 Å². The predicted octanol–water partition coefficient (Wildman–Crippen LogP) is 3.35. The third-order valence-corrected chi connectivity index (χ3v) is 4.23. The van der Waals surface area contributed by atoms with Gasteiger partial charge >= 0.3 is 0 Å². The summed E-state index contributed by atoms with van der Waals surface area (Å²) in [4.78, 5) is 8.58. The quantitative estimate of drug-likeness (QED) is 0.213. The molecular weight excluding hydrogens is 471 g/mol. The van der Waals surface area contributed by atoms with Crippen LogP contribution in [0.5, 0.6) is 5.88 Å². The van der Waals surface area contributed by atoms with Crippen molar-refractivity contribution in [3.63, 3.8) is 0 Å². The molecule has 0 amide bonds. The van der Waals surface area contributed by atoms with Gasteiger partial charge < -0.3 is 24.5 Å². The molecule has 2 heterocycles. The summed E-state index contributed by atoms with van der Waals surface area (Å²) in [5, 5.41) is 6.56. The Morgan fingerprint density at radius 3 is 2.86 bits per heavy atom. The van der Waals surface area contributed by atoms with Crippen LogP contribution in [0.25, 0.3) is 0 Å². The van der Waals surface area contributed by atoms with Crippen molar-refractivity contribution in [3.8, 4) is 5.88 Å². The zero-order valence-corrected chi connectivity index (χ0v) is 18.6. The second-order valence-electron chi connectivity index (χ2n) is 6.60. The van der Waals surface area contributed by atoms with E-state index in [-0.39, 0.29) is 24.0 Å². The van der Waals surface area contributed by atoms with Crippen molar-refractivity contribution >= 4 is 29.9 Å². The number of ether oxygens (including phenoxy) is 2. The lowest BCUT2D eigenvalue weighted by Gasteiger charge is -2.12. The number of aliphatic imine (C=N–C) groups is 1. The van der Waals surface area contributed by atoms with Crippen molar-refractivity contribution in [1.82, 2.24) is 15.6 Å². The monoisotopic (exact) mass is 500 g/mol. The number of halogens is 1. The molecule has 0 saturated heterocycles. The highest BCUT2D eigenvalue weighted by Gasteiger charge is 2.21. The third kappa shape index (κ3) is 8.47. The number of furan rings is 1. The van der Waals surface area contributed by atoms with Gasteiger partial charge in [0.25, 0.3) is 0 Å². The van der Waals surface area contributed by atoms with Crippen LogP contribution < -0.4 is 15.4 Å². The largest absolute Gasteiger partial charge is 0.477 e. The molecule has 28 heavy (non-hydrogen) atoms. The van der Waals surface area contributed by atoms with Gasteiger partial charge in [0, 0.05) is 39.0 Å². The molecular formula is C20H29IN4O3. The van der Waals surface area contributed by atoms with Crippen molar-refractivity contribution in [3.05, 3.63) is 48.0 Å². The summed E-state index contributed by atoms with van der Waals surface area (Å²) in [6, 6.07) is 7.72. The van der Waals surface area contributed by atoms with Gasteiger partial charge in [-0.15, -0.1) is 24.0 Å². The summed E-state index contributed by atoms with van der Waals surface area (Å²) >= 11 is 0. The molecule has 0 radical (unpaired) electrons. The Morgan fingerprint density at radius 2 is 2.18 bits per heavy atom. The smallest absolute Gasteiger partial charge is 0.213 e. The number of guanidine groups is 1. The van der Waals surface area contributed by atoms with E-state index in [9.17, 15) is 0 Å². The summed E-state index contributed by atoms with van der Waals surface area (Å²) in [7, 11) is 1.76. The van der Waals surface area contributed by atoms with Crippen LogP contribution in [-0.2, 0) is 17.9 Å². The topological polar surface area (TPSA) is 80.9 Å². The number of hydrogen-bond acceptors (Lipinski definition) is 5. The molecule has 0 unspecified atom stereocenters.